The Labute approximate surface area is 83.0 Å². The zero-order chi connectivity index (χ0) is 9.59. The molecule has 0 radical (unpaired) electrons. The van der Waals surface area contributed by atoms with Gasteiger partial charge in [-0.25, -0.2) is 0 Å². The summed E-state index contributed by atoms with van der Waals surface area (Å²) in [5.41, 5.74) is 1.90. The summed E-state index contributed by atoms with van der Waals surface area (Å²) in [5, 5.41) is 0. The SMILES string of the molecule is CC1c2cc(S)ccc2C(=O)N1C. The van der Waals surface area contributed by atoms with E-state index in [1.165, 1.54) is 0 Å². The van der Waals surface area contributed by atoms with Crippen LogP contribution < -0.4 is 0 Å². The Morgan fingerprint density at radius 2 is 2.15 bits per heavy atom. The topological polar surface area (TPSA) is 20.3 Å². The van der Waals surface area contributed by atoms with E-state index in [9.17, 15) is 4.79 Å². The van der Waals surface area contributed by atoms with Crippen molar-refractivity contribution in [2.75, 3.05) is 7.05 Å². The molecule has 13 heavy (non-hydrogen) atoms. The Morgan fingerprint density at radius 1 is 1.46 bits per heavy atom. The quantitative estimate of drug-likeness (QED) is 0.626. The monoisotopic (exact) mass is 193 g/mol. The van der Waals surface area contributed by atoms with Gasteiger partial charge in [0, 0.05) is 17.5 Å². The molecule has 2 nitrogen and oxygen atoms in total. The molecule has 1 atom stereocenters. The van der Waals surface area contributed by atoms with Gasteiger partial charge in [0.25, 0.3) is 5.91 Å². The molecule has 1 amide bonds. The molecular weight excluding hydrogens is 182 g/mol. The molecule has 0 bridgehead atoms. The van der Waals surface area contributed by atoms with Gasteiger partial charge in [0.05, 0.1) is 6.04 Å². The average molecular weight is 193 g/mol. The standard InChI is InChI=1S/C10H11NOS/c1-6-9-5-7(13)3-4-8(9)10(12)11(6)2/h3-6,13H,1-2H3. The summed E-state index contributed by atoms with van der Waals surface area (Å²) in [6.07, 6.45) is 0. The summed E-state index contributed by atoms with van der Waals surface area (Å²) < 4.78 is 0. The molecule has 68 valence electrons. The van der Waals surface area contributed by atoms with Crippen molar-refractivity contribution in [2.45, 2.75) is 17.9 Å². The summed E-state index contributed by atoms with van der Waals surface area (Å²) in [5.74, 6) is 0.107. The van der Waals surface area contributed by atoms with Gasteiger partial charge < -0.3 is 4.90 Å². The number of amides is 1. The van der Waals surface area contributed by atoms with Crippen LogP contribution in [0.1, 0.15) is 28.9 Å². The third-order valence-corrected chi connectivity index (χ3v) is 2.90. The molecule has 1 aromatic rings. The number of nitrogens with zero attached hydrogens (tertiary/aromatic N) is 1. The van der Waals surface area contributed by atoms with Crippen molar-refractivity contribution in [2.24, 2.45) is 0 Å². The molecule has 0 N–H and O–H groups in total. The molecule has 0 aromatic heterocycles. The number of carbonyl (C=O) groups is 1. The summed E-state index contributed by atoms with van der Waals surface area (Å²) in [7, 11) is 1.82. The van der Waals surface area contributed by atoms with Crippen molar-refractivity contribution in [1.82, 2.24) is 4.90 Å². The first kappa shape index (κ1) is 8.63. The lowest BCUT2D eigenvalue weighted by Crippen LogP contribution is -2.20. The zero-order valence-electron chi connectivity index (χ0n) is 7.61. The number of benzene rings is 1. The third-order valence-electron chi connectivity index (χ3n) is 2.62. The predicted octanol–water partition coefficient (Wildman–Crippen LogP) is 2.12. The van der Waals surface area contributed by atoms with Gasteiger partial charge in [0.15, 0.2) is 0 Å². The Kier molecular flexibility index (Phi) is 1.84. The third kappa shape index (κ3) is 1.15. The number of hydrogen-bond donors (Lipinski definition) is 1. The second kappa shape index (κ2) is 2.77. The summed E-state index contributed by atoms with van der Waals surface area (Å²) in [6, 6.07) is 5.84. The average Bonchev–Trinajstić information content (AvgIpc) is 2.32. The highest BCUT2D eigenvalue weighted by atomic mass is 32.1. The highest BCUT2D eigenvalue weighted by molar-refractivity contribution is 7.80. The molecule has 0 spiro atoms. The minimum Gasteiger partial charge on any atom is -0.335 e. The Morgan fingerprint density at radius 3 is 2.85 bits per heavy atom. The van der Waals surface area contributed by atoms with Crippen molar-refractivity contribution >= 4 is 18.5 Å². The molecule has 3 heteroatoms. The van der Waals surface area contributed by atoms with Crippen molar-refractivity contribution in [3.05, 3.63) is 29.3 Å². The minimum absolute atomic E-state index is 0.107. The molecule has 0 fully saturated rings. The molecule has 1 aliphatic rings. The smallest absolute Gasteiger partial charge is 0.254 e. The van der Waals surface area contributed by atoms with Gasteiger partial charge in [-0.1, -0.05) is 0 Å². The summed E-state index contributed by atoms with van der Waals surface area (Å²) in [6.45, 7) is 2.02. The molecule has 0 saturated carbocycles. The van der Waals surface area contributed by atoms with Crippen LogP contribution in [0.15, 0.2) is 23.1 Å². The highest BCUT2D eigenvalue weighted by Gasteiger charge is 2.30. The molecular formula is C10H11NOS. The van der Waals surface area contributed by atoms with Gasteiger partial charge >= 0.3 is 0 Å². The molecule has 1 unspecified atom stereocenters. The van der Waals surface area contributed by atoms with Crippen molar-refractivity contribution < 1.29 is 4.79 Å². The van der Waals surface area contributed by atoms with E-state index in [1.54, 1.807) is 4.90 Å². The van der Waals surface area contributed by atoms with E-state index >= 15 is 0 Å². The van der Waals surface area contributed by atoms with Crippen LogP contribution in [0.3, 0.4) is 0 Å². The van der Waals surface area contributed by atoms with Crippen LogP contribution in [-0.4, -0.2) is 17.9 Å². The molecule has 0 saturated heterocycles. The van der Waals surface area contributed by atoms with Crippen LogP contribution in [0.5, 0.6) is 0 Å². The van der Waals surface area contributed by atoms with Crippen LogP contribution in [0.2, 0.25) is 0 Å². The summed E-state index contributed by atoms with van der Waals surface area (Å²) in [4.78, 5) is 14.3. The lowest BCUT2D eigenvalue weighted by atomic mass is 10.1. The van der Waals surface area contributed by atoms with Crippen molar-refractivity contribution in [1.29, 1.82) is 0 Å². The number of hydrogen-bond acceptors (Lipinski definition) is 2. The lowest BCUT2D eigenvalue weighted by Gasteiger charge is -2.14. The number of thiol groups is 1. The first-order valence-electron chi connectivity index (χ1n) is 4.21. The van der Waals surface area contributed by atoms with E-state index in [0.717, 1.165) is 16.0 Å². The largest absolute Gasteiger partial charge is 0.335 e. The highest BCUT2D eigenvalue weighted by Crippen LogP contribution is 2.32. The number of carbonyl (C=O) groups excluding carboxylic acids is 1. The molecule has 0 aliphatic carbocycles. The summed E-state index contributed by atoms with van der Waals surface area (Å²) >= 11 is 4.25. The zero-order valence-corrected chi connectivity index (χ0v) is 8.51. The maximum Gasteiger partial charge on any atom is 0.254 e. The van der Waals surface area contributed by atoms with Gasteiger partial charge in [-0.15, -0.1) is 12.6 Å². The normalized spacial score (nSPS) is 20.7. The van der Waals surface area contributed by atoms with E-state index in [1.807, 2.05) is 32.2 Å². The van der Waals surface area contributed by atoms with E-state index in [2.05, 4.69) is 12.6 Å². The van der Waals surface area contributed by atoms with Gasteiger partial charge in [-0.05, 0) is 30.7 Å². The second-order valence-corrected chi connectivity index (χ2v) is 3.88. The van der Waals surface area contributed by atoms with Crippen molar-refractivity contribution in [3.8, 4) is 0 Å². The lowest BCUT2D eigenvalue weighted by molar-refractivity contribution is 0.0784. The van der Waals surface area contributed by atoms with Crippen LogP contribution >= 0.6 is 12.6 Å². The van der Waals surface area contributed by atoms with E-state index in [4.69, 9.17) is 0 Å². The van der Waals surface area contributed by atoms with Crippen LogP contribution in [0, 0.1) is 0 Å². The minimum atomic E-state index is 0.107. The fraction of sp³-hybridized carbons (Fsp3) is 0.300. The predicted molar refractivity (Wildman–Crippen MR) is 54.2 cm³/mol. The molecule has 2 rings (SSSR count). The molecule has 1 aliphatic heterocycles. The van der Waals surface area contributed by atoms with Crippen LogP contribution in [0.4, 0.5) is 0 Å². The van der Waals surface area contributed by atoms with Crippen molar-refractivity contribution in [3.63, 3.8) is 0 Å². The molecule has 1 aromatic carbocycles. The van der Waals surface area contributed by atoms with Gasteiger partial charge in [-0.3, -0.25) is 4.79 Å². The van der Waals surface area contributed by atoms with Crippen LogP contribution in [0.25, 0.3) is 0 Å². The van der Waals surface area contributed by atoms with Gasteiger partial charge in [0.2, 0.25) is 0 Å². The second-order valence-electron chi connectivity index (χ2n) is 3.36. The maximum atomic E-state index is 11.6. The van der Waals surface area contributed by atoms with E-state index in [0.29, 0.717) is 0 Å². The fourth-order valence-corrected chi connectivity index (χ4v) is 1.88. The van der Waals surface area contributed by atoms with Crippen LogP contribution in [-0.2, 0) is 0 Å². The Hall–Kier alpha value is -0.960. The maximum absolute atomic E-state index is 11.6. The Balaban J connectivity index is 2.60. The Bertz CT molecular complexity index is 375. The number of fused-ring (bicyclic) bond motifs is 1. The van der Waals surface area contributed by atoms with E-state index in [-0.39, 0.29) is 11.9 Å². The first-order valence-corrected chi connectivity index (χ1v) is 4.66. The van der Waals surface area contributed by atoms with Gasteiger partial charge in [-0.2, -0.15) is 0 Å². The first-order chi connectivity index (χ1) is 6.11. The molecule has 1 heterocycles. The van der Waals surface area contributed by atoms with E-state index < -0.39 is 0 Å². The van der Waals surface area contributed by atoms with Gasteiger partial charge in [0.1, 0.15) is 0 Å². The fourth-order valence-electron chi connectivity index (χ4n) is 1.67. The number of rotatable bonds is 0.